The van der Waals surface area contributed by atoms with Crippen LogP contribution in [0.15, 0.2) is 24.3 Å². The predicted molar refractivity (Wildman–Crippen MR) is 102 cm³/mol. The minimum atomic E-state index is -0.168. The summed E-state index contributed by atoms with van der Waals surface area (Å²) in [4.78, 5) is 28.3. The van der Waals surface area contributed by atoms with Crippen LogP contribution in [0.3, 0.4) is 0 Å². The number of halogens is 1. The molecule has 1 atom stereocenters. The van der Waals surface area contributed by atoms with E-state index >= 15 is 0 Å². The smallest absolute Gasteiger partial charge is 0.317 e. The van der Waals surface area contributed by atoms with E-state index in [1.165, 1.54) is 19.3 Å². The lowest BCUT2D eigenvalue weighted by Gasteiger charge is -2.35. The fraction of sp³-hybridized carbons (Fsp3) is 0.579. The van der Waals surface area contributed by atoms with Gasteiger partial charge in [0.2, 0.25) is 5.91 Å². The second-order valence-electron chi connectivity index (χ2n) is 6.98. The number of piperidine rings is 1. The fourth-order valence-corrected chi connectivity index (χ4v) is 3.77. The molecule has 7 heteroatoms. The number of amides is 3. The average molecular weight is 379 g/mol. The van der Waals surface area contributed by atoms with Crippen molar-refractivity contribution in [1.82, 2.24) is 20.4 Å². The van der Waals surface area contributed by atoms with Crippen molar-refractivity contribution in [3.8, 4) is 0 Å². The van der Waals surface area contributed by atoms with Gasteiger partial charge in [0.05, 0.1) is 6.04 Å². The Kier molecular flexibility index (Phi) is 6.74. The lowest BCUT2D eigenvalue weighted by Crippen LogP contribution is -2.47. The van der Waals surface area contributed by atoms with Crippen LogP contribution >= 0.6 is 11.6 Å². The summed E-state index contributed by atoms with van der Waals surface area (Å²) in [6.45, 7) is 3.95. The lowest BCUT2D eigenvalue weighted by atomic mass is 10.0. The van der Waals surface area contributed by atoms with Crippen molar-refractivity contribution in [2.45, 2.75) is 31.7 Å². The minimum Gasteiger partial charge on any atom is -0.354 e. The Morgan fingerprint density at radius 3 is 2.58 bits per heavy atom. The zero-order valence-electron chi connectivity index (χ0n) is 15.0. The van der Waals surface area contributed by atoms with Gasteiger partial charge in [0.25, 0.3) is 0 Å². The molecule has 0 spiro atoms. The molecule has 3 amide bonds. The third kappa shape index (κ3) is 5.11. The fourth-order valence-electron chi connectivity index (χ4n) is 3.65. The van der Waals surface area contributed by atoms with Gasteiger partial charge < -0.3 is 15.5 Å². The van der Waals surface area contributed by atoms with Gasteiger partial charge in [0.15, 0.2) is 0 Å². The first-order chi connectivity index (χ1) is 12.6. The second kappa shape index (κ2) is 9.24. The van der Waals surface area contributed by atoms with Crippen molar-refractivity contribution in [3.05, 3.63) is 34.9 Å². The number of likely N-dealkylation sites (tertiary alicyclic amines) is 1. The molecule has 0 bridgehead atoms. The largest absolute Gasteiger partial charge is 0.354 e. The molecule has 2 saturated heterocycles. The molecule has 2 fully saturated rings. The maximum atomic E-state index is 12.6. The van der Waals surface area contributed by atoms with Crippen molar-refractivity contribution in [3.63, 3.8) is 0 Å². The molecule has 2 heterocycles. The summed E-state index contributed by atoms with van der Waals surface area (Å²) in [7, 11) is 0. The molecule has 142 valence electrons. The van der Waals surface area contributed by atoms with Gasteiger partial charge in [-0.2, -0.15) is 0 Å². The number of rotatable bonds is 4. The van der Waals surface area contributed by atoms with Crippen LogP contribution in [0.5, 0.6) is 0 Å². The van der Waals surface area contributed by atoms with E-state index in [1.807, 2.05) is 24.3 Å². The number of urea groups is 1. The molecule has 1 aromatic carbocycles. The van der Waals surface area contributed by atoms with Crippen LogP contribution in [-0.4, -0.2) is 61.0 Å². The van der Waals surface area contributed by atoms with Gasteiger partial charge >= 0.3 is 6.03 Å². The summed E-state index contributed by atoms with van der Waals surface area (Å²) < 4.78 is 0. The van der Waals surface area contributed by atoms with Crippen molar-refractivity contribution >= 4 is 23.5 Å². The van der Waals surface area contributed by atoms with Crippen LogP contribution in [0.2, 0.25) is 5.02 Å². The molecule has 0 aromatic heterocycles. The Morgan fingerprint density at radius 1 is 1.12 bits per heavy atom. The summed E-state index contributed by atoms with van der Waals surface area (Å²) in [5.41, 5.74) is 1.16. The topological polar surface area (TPSA) is 64.7 Å². The average Bonchev–Trinajstić information content (AvgIpc) is 2.88. The van der Waals surface area contributed by atoms with Crippen molar-refractivity contribution in [2.75, 3.05) is 39.3 Å². The highest BCUT2D eigenvalue weighted by atomic mass is 35.5. The molecule has 3 rings (SSSR count). The van der Waals surface area contributed by atoms with E-state index in [0.717, 1.165) is 25.1 Å². The van der Waals surface area contributed by atoms with Gasteiger partial charge in [0, 0.05) is 24.7 Å². The van der Waals surface area contributed by atoms with E-state index in [1.54, 1.807) is 4.90 Å². The standard InChI is InChI=1S/C19H27ClN4O2/c20-16-7-5-15(6-8-16)17(23-10-2-1-3-11-23)13-22-19(26)24-12-4-9-21-18(25)14-24/h5-8,17H,1-4,9-14H2,(H,21,25)(H,22,26)/t17-/m0/s1. The van der Waals surface area contributed by atoms with E-state index in [4.69, 9.17) is 11.6 Å². The van der Waals surface area contributed by atoms with Crippen LogP contribution in [0.25, 0.3) is 0 Å². The van der Waals surface area contributed by atoms with Gasteiger partial charge in [-0.15, -0.1) is 0 Å². The molecule has 6 nitrogen and oxygen atoms in total. The number of carbonyl (C=O) groups is 2. The van der Waals surface area contributed by atoms with Crippen molar-refractivity contribution in [2.24, 2.45) is 0 Å². The highest BCUT2D eigenvalue weighted by Crippen LogP contribution is 2.25. The Morgan fingerprint density at radius 2 is 1.85 bits per heavy atom. The maximum absolute atomic E-state index is 12.6. The summed E-state index contributed by atoms with van der Waals surface area (Å²) in [5, 5.41) is 6.55. The van der Waals surface area contributed by atoms with Crippen LogP contribution < -0.4 is 10.6 Å². The molecule has 0 unspecified atom stereocenters. The van der Waals surface area contributed by atoms with Gasteiger partial charge in [0.1, 0.15) is 6.54 Å². The summed E-state index contributed by atoms with van der Waals surface area (Å²) in [5.74, 6) is -0.0945. The van der Waals surface area contributed by atoms with Crippen LogP contribution in [0.4, 0.5) is 4.79 Å². The first-order valence-electron chi connectivity index (χ1n) is 9.42. The van der Waals surface area contributed by atoms with Crippen LogP contribution in [-0.2, 0) is 4.79 Å². The highest BCUT2D eigenvalue weighted by Gasteiger charge is 2.25. The minimum absolute atomic E-state index is 0.0945. The molecule has 0 saturated carbocycles. The third-order valence-corrected chi connectivity index (χ3v) is 5.33. The number of hydrogen-bond acceptors (Lipinski definition) is 3. The van der Waals surface area contributed by atoms with E-state index in [2.05, 4.69) is 15.5 Å². The Hall–Kier alpha value is -1.79. The summed E-state index contributed by atoms with van der Waals surface area (Å²) >= 11 is 6.03. The first kappa shape index (κ1) is 19.0. The van der Waals surface area contributed by atoms with Gasteiger partial charge in [-0.05, 0) is 50.0 Å². The van der Waals surface area contributed by atoms with Crippen LogP contribution in [0.1, 0.15) is 37.3 Å². The molecule has 1 aromatic rings. The lowest BCUT2D eigenvalue weighted by molar-refractivity contribution is -0.121. The second-order valence-corrected chi connectivity index (χ2v) is 7.41. The number of nitrogens with one attached hydrogen (secondary N) is 2. The maximum Gasteiger partial charge on any atom is 0.317 e. The normalized spacial score (nSPS) is 20.2. The molecule has 26 heavy (non-hydrogen) atoms. The summed E-state index contributed by atoms with van der Waals surface area (Å²) in [6, 6.07) is 7.82. The Balaban J connectivity index is 1.65. The van der Waals surface area contributed by atoms with Crippen LogP contribution in [0, 0.1) is 0 Å². The first-order valence-corrected chi connectivity index (χ1v) is 9.80. The Labute approximate surface area is 159 Å². The molecule has 2 N–H and O–H groups in total. The molecular formula is C19H27ClN4O2. The van der Waals surface area contributed by atoms with E-state index in [-0.39, 0.29) is 24.5 Å². The third-order valence-electron chi connectivity index (χ3n) is 5.08. The SMILES string of the molecule is O=C1CN(C(=O)NC[C@@H](c2ccc(Cl)cc2)N2CCCCC2)CCCN1. The summed E-state index contributed by atoms with van der Waals surface area (Å²) in [6.07, 6.45) is 4.42. The molecular weight excluding hydrogens is 352 g/mol. The van der Waals surface area contributed by atoms with E-state index in [9.17, 15) is 9.59 Å². The number of carbonyl (C=O) groups excluding carboxylic acids is 2. The van der Waals surface area contributed by atoms with E-state index in [0.29, 0.717) is 24.7 Å². The number of nitrogens with zero attached hydrogens (tertiary/aromatic N) is 2. The monoisotopic (exact) mass is 378 g/mol. The predicted octanol–water partition coefficient (Wildman–Crippen LogP) is 2.40. The van der Waals surface area contributed by atoms with Crippen molar-refractivity contribution in [1.29, 1.82) is 0 Å². The zero-order chi connectivity index (χ0) is 18.4. The highest BCUT2D eigenvalue weighted by molar-refractivity contribution is 6.30. The van der Waals surface area contributed by atoms with Gasteiger partial charge in [-0.3, -0.25) is 9.69 Å². The van der Waals surface area contributed by atoms with E-state index < -0.39 is 0 Å². The number of hydrogen-bond donors (Lipinski definition) is 2. The number of benzene rings is 1. The molecule has 2 aliphatic heterocycles. The van der Waals surface area contributed by atoms with Gasteiger partial charge in [-0.1, -0.05) is 30.2 Å². The molecule has 0 aliphatic carbocycles. The Bertz CT molecular complexity index is 616. The van der Waals surface area contributed by atoms with Gasteiger partial charge in [-0.25, -0.2) is 4.79 Å². The molecule has 2 aliphatic rings. The molecule has 0 radical (unpaired) electrons. The van der Waals surface area contributed by atoms with Crippen molar-refractivity contribution < 1.29 is 9.59 Å². The quantitative estimate of drug-likeness (QED) is 0.845. The zero-order valence-corrected chi connectivity index (χ0v) is 15.8.